The lowest BCUT2D eigenvalue weighted by Crippen LogP contribution is -2.12. The van der Waals surface area contributed by atoms with E-state index in [2.05, 4.69) is 24.1 Å². The van der Waals surface area contributed by atoms with Gasteiger partial charge in [0.05, 0.1) is 25.1 Å². The van der Waals surface area contributed by atoms with Crippen molar-refractivity contribution in [3.05, 3.63) is 64.6 Å². The highest BCUT2D eigenvalue weighted by Gasteiger charge is 2.16. The van der Waals surface area contributed by atoms with E-state index < -0.39 is 0 Å². The largest absolute Gasteiger partial charge is 0.494 e. The molecule has 0 spiro atoms. The summed E-state index contributed by atoms with van der Waals surface area (Å²) in [6.07, 6.45) is 5.11. The molecular formula is C23H26N2O4S. The van der Waals surface area contributed by atoms with Crippen molar-refractivity contribution in [2.24, 2.45) is 0 Å². The molecule has 0 saturated heterocycles. The number of hydrogen-bond donors (Lipinski definition) is 1. The number of benzene rings is 1. The number of thiophene rings is 1. The Morgan fingerprint density at radius 1 is 1.03 bits per heavy atom. The van der Waals surface area contributed by atoms with E-state index in [1.165, 1.54) is 11.3 Å². The van der Waals surface area contributed by atoms with Crippen LogP contribution in [0.2, 0.25) is 0 Å². The van der Waals surface area contributed by atoms with Crippen LogP contribution < -0.4 is 19.5 Å². The highest BCUT2D eigenvalue weighted by molar-refractivity contribution is 7.12. The first-order valence-electron chi connectivity index (χ1n) is 10.0. The molecule has 2 heterocycles. The molecular weight excluding hydrogens is 400 g/mol. The Kier molecular flexibility index (Phi) is 8.09. The lowest BCUT2D eigenvalue weighted by atomic mass is 10.2. The zero-order valence-electron chi connectivity index (χ0n) is 17.2. The summed E-state index contributed by atoms with van der Waals surface area (Å²) in [5.74, 6) is 1.84. The monoisotopic (exact) mass is 426 g/mol. The molecule has 3 aromatic rings. The fourth-order valence-corrected chi connectivity index (χ4v) is 3.42. The zero-order chi connectivity index (χ0) is 21.2. The van der Waals surface area contributed by atoms with Crippen LogP contribution in [0.3, 0.4) is 0 Å². The van der Waals surface area contributed by atoms with Crippen LogP contribution in [0, 0.1) is 0 Å². The summed E-state index contributed by atoms with van der Waals surface area (Å²) >= 11 is 1.33. The molecule has 1 N–H and O–H groups in total. The summed E-state index contributed by atoms with van der Waals surface area (Å²) in [5, 5.41) is 4.67. The third kappa shape index (κ3) is 5.97. The van der Waals surface area contributed by atoms with Gasteiger partial charge in [0, 0.05) is 11.8 Å². The van der Waals surface area contributed by atoms with Crippen molar-refractivity contribution < 1.29 is 19.0 Å². The van der Waals surface area contributed by atoms with Gasteiger partial charge in [0.15, 0.2) is 0 Å². The molecule has 1 amide bonds. The molecule has 3 rings (SSSR count). The first-order chi connectivity index (χ1) is 14.7. The molecule has 0 aliphatic carbocycles. The van der Waals surface area contributed by atoms with Crippen LogP contribution in [-0.4, -0.2) is 24.1 Å². The van der Waals surface area contributed by atoms with Crippen molar-refractivity contribution >= 4 is 22.9 Å². The number of rotatable bonds is 11. The van der Waals surface area contributed by atoms with Gasteiger partial charge >= 0.3 is 0 Å². The summed E-state index contributed by atoms with van der Waals surface area (Å²) in [6.45, 7) is 5.68. The minimum atomic E-state index is -0.226. The summed E-state index contributed by atoms with van der Waals surface area (Å²) in [5.41, 5.74) is 1.51. The molecule has 1 aromatic carbocycles. The average molecular weight is 427 g/mol. The molecule has 6 nitrogen and oxygen atoms in total. The molecule has 7 heteroatoms. The van der Waals surface area contributed by atoms with Gasteiger partial charge in [0.1, 0.15) is 28.7 Å². The fraction of sp³-hybridized carbons (Fsp3) is 0.304. The predicted molar refractivity (Wildman–Crippen MR) is 119 cm³/mol. The number of carbonyl (C=O) groups excluding carboxylic acids is 1. The fourth-order valence-electron chi connectivity index (χ4n) is 2.69. The second-order valence-electron chi connectivity index (χ2n) is 6.56. The molecule has 0 radical (unpaired) electrons. The Bertz CT molecular complexity index is 943. The maximum absolute atomic E-state index is 12.6. The van der Waals surface area contributed by atoms with Gasteiger partial charge in [-0.1, -0.05) is 13.8 Å². The Morgan fingerprint density at radius 2 is 1.87 bits per heavy atom. The second-order valence-corrected chi connectivity index (χ2v) is 7.48. The predicted octanol–water partition coefficient (Wildman–Crippen LogP) is 5.55. The number of carbonyl (C=O) groups is 1. The van der Waals surface area contributed by atoms with E-state index in [0.29, 0.717) is 29.5 Å². The first-order valence-corrected chi connectivity index (χ1v) is 10.9. The molecule has 0 aliphatic rings. The highest BCUT2D eigenvalue weighted by Crippen LogP contribution is 2.30. The lowest BCUT2D eigenvalue weighted by Gasteiger charge is -2.14. The topological polar surface area (TPSA) is 69.7 Å². The number of nitrogens with zero attached hydrogens (tertiary/aromatic N) is 1. The molecule has 0 fully saturated rings. The maximum atomic E-state index is 12.6. The quantitative estimate of drug-likeness (QED) is 0.435. The van der Waals surface area contributed by atoms with E-state index in [1.807, 2.05) is 23.6 Å². The summed E-state index contributed by atoms with van der Waals surface area (Å²) in [6, 6.07) is 11.1. The van der Waals surface area contributed by atoms with Gasteiger partial charge in [-0.2, -0.15) is 0 Å². The SMILES string of the molecule is CCCOc1ccc(OCCC)c(COc2ccsc2C(=O)Nc2cccnc2)c1. The molecule has 30 heavy (non-hydrogen) atoms. The zero-order valence-corrected chi connectivity index (χ0v) is 18.0. The van der Waals surface area contributed by atoms with Crippen LogP contribution in [0.4, 0.5) is 5.69 Å². The van der Waals surface area contributed by atoms with Gasteiger partial charge in [-0.15, -0.1) is 11.3 Å². The number of nitrogens with one attached hydrogen (secondary N) is 1. The van der Waals surface area contributed by atoms with Crippen LogP contribution in [0.5, 0.6) is 17.2 Å². The Morgan fingerprint density at radius 3 is 2.63 bits per heavy atom. The van der Waals surface area contributed by atoms with Crippen LogP contribution in [0.1, 0.15) is 41.9 Å². The van der Waals surface area contributed by atoms with Gasteiger partial charge in [0.25, 0.3) is 5.91 Å². The first kappa shape index (κ1) is 21.6. The third-order valence-electron chi connectivity index (χ3n) is 4.10. The molecule has 0 aliphatic heterocycles. The smallest absolute Gasteiger partial charge is 0.269 e. The van der Waals surface area contributed by atoms with E-state index in [9.17, 15) is 4.79 Å². The average Bonchev–Trinajstić information content (AvgIpc) is 3.25. The van der Waals surface area contributed by atoms with Crippen molar-refractivity contribution in [1.82, 2.24) is 4.98 Å². The molecule has 0 bridgehead atoms. The van der Waals surface area contributed by atoms with Gasteiger partial charge < -0.3 is 19.5 Å². The van der Waals surface area contributed by atoms with Gasteiger partial charge in [-0.05, 0) is 54.6 Å². The minimum absolute atomic E-state index is 0.226. The summed E-state index contributed by atoms with van der Waals surface area (Å²) in [4.78, 5) is 17.2. The number of anilines is 1. The van der Waals surface area contributed by atoms with Crippen molar-refractivity contribution in [3.8, 4) is 17.2 Å². The lowest BCUT2D eigenvalue weighted by molar-refractivity contribution is 0.102. The summed E-state index contributed by atoms with van der Waals surface area (Å²) in [7, 11) is 0. The number of ether oxygens (including phenoxy) is 3. The van der Waals surface area contributed by atoms with Crippen LogP contribution >= 0.6 is 11.3 Å². The maximum Gasteiger partial charge on any atom is 0.269 e. The third-order valence-corrected chi connectivity index (χ3v) is 5.00. The van der Waals surface area contributed by atoms with E-state index in [4.69, 9.17) is 14.2 Å². The number of aromatic nitrogens is 1. The minimum Gasteiger partial charge on any atom is -0.494 e. The Balaban J connectivity index is 1.71. The highest BCUT2D eigenvalue weighted by atomic mass is 32.1. The van der Waals surface area contributed by atoms with E-state index in [0.717, 1.165) is 29.9 Å². The van der Waals surface area contributed by atoms with Crippen molar-refractivity contribution in [2.45, 2.75) is 33.3 Å². The Labute approximate surface area is 180 Å². The van der Waals surface area contributed by atoms with Crippen LogP contribution in [0.25, 0.3) is 0 Å². The number of pyridine rings is 1. The molecule has 0 atom stereocenters. The van der Waals surface area contributed by atoms with Crippen LogP contribution in [-0.2, 0) is 6.61 Å². The van der Waals surface area contributed by atoms with Crippen molar-refractivity contribution in [1.29, 1.82) is 0 Å². The summed E-state index contributed by atoms with van der Waals surface area (Å²) < 4.78 is 17.6. The van der Waals surface area contributed by atoms with E-state index >= 15 is 0 Å². The van der Waals surface area contributed by atoms with E-state index in [1.54, 1.807) is 30.6 Å². The van der Waals surface area contributed by atoms with Crippen molar-refractivity contribution in [2.75, 3.05) is 18.5 Å². The number of hydrogen-bond acceptors (Lipinski definition) is 6. The molecule has 2 aromatic heterocycles. The van der Waals surface area contributed by atoms with Gasteiger partial charge in [0.2, 0.25) is 0 Å². The second kappa shape index (κ2) is 11.2. The normalized spacial score (nSPS) is 10.5. The number of amides is 1. The molecule has 158 valence electrons. The van der Waals surface area contributed by atoms with Crippen molar-refractivity contribution in [3.63, 3.8) is 0 Å². The van der Waals surface area contributed by atoms with Crippen LogP contribution in [0.15, 0.2) is 54.2 Å². The van der Waals surface area contributed by atoms with Gasteiger partial charge in [-0.3, -0.25) is 9.78 Å². The molecule has 0 unspecified atom stereocenters. The van der Waals surface area contributed by atoms with Gasteiger partial charge in [-0.25, -0.2) is 0 Å². The standard InChI is InChI=1S/C23H26N2O4S/c1-3-11-27-19-7-8-20(28-12-4-2)17(14-19)16-29-21-9-13-30-22(21)23(26)25-18-6-5-10-24-15-18/h5-10,13-15H,3-4,11-12,16H2,1-2H3,(H,25,26). The van der Waals surface area contributed by atoms with E-state index in [-0.39, 0.29) is 12.5 Å². The Hall–Kier alpha value is -3.06. The molecule has 0 saturated carbocycles.